The lowest BCUT2D eigenvalue weighted by Gasteiger charge is -1.99. The van der Waals surface area contributed by atoms with Gasteiger partial charge >= 0.3 is 5.97 Å². The summed E-state index contributed by atoms with van der Waals surface area (Å²) in [6.07, 6.45) is 1.54. The van der Waals surface area contributed by atoms with Crippen molar-refractivity contribution in [2.24, 2.45) is 0 Å². The van der Waals surface area contributed by atoms with E-state index >= 15 is 0 Å². The van der Waals surface area contributed by atoms with E-state index in [2.05, 4.69) is 21.6 Å². The van der Waals surface area contributed by atoms with Crippen LogP contribution in [-0.4, -0.2) is 24.7 Å². The molecule has 0 fully saturated rings. The van der Waals surface area contributed by atoms with Crippen LogP contribution in [0.2, 0.25) is 0 Å². The number of nitrogens with zero attached hydrogens (tertiary/aromatic N) is 1. The summed E-state index contributed by atoms with van der Waals surface area (Å²) in [5.74, 6) is 4.91. The fourth-order valence-corrected chi connectivity index (χ4v) is 0.862. The van der Waals surface area contributed by atoms with E-state index in [-0.39, 0.29) is 0 Å². The summed E-state index contributed by atoms with van der Waals surface area (Å²) >= 11 is 0. The van der Waals surface area contributed by atoms with Gasteiger partial charge in [-0.25, -0.2) is 9.78 Å². The summed E-state index contributed by atoms with van der Waals surface area (Å²) in [6, 6.07) is 3.43. The molecule has 0 atom stereocenters. The van der Waals surface area contributed by atoms with Crippen molar-refractivity contribution in [3.8, 4) is 17.7 Å². The number of methoxy groups -OCH3 is 1. The quantitative estimate of drug-likeness (QED) is 0.534. The van der Waals surface area contributed by atoms with Gasteiger partial charge in [0.05, 0.1) is 13.7 Å². The van der Waals surface area contributed by atoms with Gasteiger partial charge in [-0.05, 0) is 13.0 Å². The van der Waals surface area contributed by atoms with Gasteiger partial charge in [-0.3, -0.25) is 0 Å². The van der Waals surface area contributed by atoms with Crippen LogP contribution in [0.5, 0.6) is 5.88 Å². The zero-order valence-corrected chi connectivity index (χ0v) is 8.61. The molecule has 0 N–H and O–H groups in total. The molecule has 78 valence electrons. The highest BCUT2D eigenvalue weighted by atomic mass is 16.5. The van der Waals surface area contributed by atoms with Crippen molar-refractivity contribution in [3.63, 3.8) is 0 Å². The summed E-state index contributed by atoms with van der Waals surface area (Å²) in [5.41, 5.74) is 0.642. The molecule has 0 spiro atoms. The molecule has 0 aliphatic rings. The lowest BCUT2D eigenvalue weighted by Crippen LogP contribution is -1.95. The molecule has 1 aromatic heterocycles. The number of esters is 1. The Kier molecular flexibility index (Phi) is 4.17. The van der Waals surface area contributed by atoms with E-state index in [1.807, 2.05) is 6.92 Å². The molecule has 4 nitrogen and oxygen atoms in total. The van der Waals surface area contributed by atoms with Crippen molar-refractivity contribution >= 4 is 5.97 Å². The molecule has 1 aromatic rings. The van der Waals surface area contributed by atoms with Crippen molar-refractivity contribution in [1.29, 1.82) is 0 Å². The zero-order chi connectivity index (χ0) is 11.1. The standard InChI is InChI=1S/C11H11NO3/c1-3-15-10-6-4-9(8-12-10)5-7-11(13)14-2/h4,6,8H,3H2,1-2H3. The van der Waals surface area contributed by atoms with Crippen LogP contribution in [0, 0.1) is 11.8 Å². The SMILES string of the molecule is CCOc1ccc(C#CC(=O)OC)cn1. The minimum atomic E-state index is -0.566. The summed E-state index contributed by atoms with van der Waals surface area (Å²) in [4.78, 5) is 14.7. The summed E-state index contributed by atoms with van der Waals surface area (Å²) in [6.45, 7) is 2.45. The molecule has 0 bridgehead atoms. The highest BCUT2D eigenvalue weighted by molar-refractivity contribution is 5.88. The van der Waals surface area contributed by atoms with E-state index < -0.39 is 5.97 Å². The van der Waals surface area contributed by atoms with Crippen LogP contribution in [0.25, 0.3) is 0 Å². The van der Waals surface area contributed by atoms with Gasteiger partial charge in [0.15, 0.2) is 0 Å². The third kappa shape index (κ3) is 3.69. The van der Waals surface area contributed by atoms with Crippen LogP contribution in [-0.2, 0) is 9.53 Å². The van der Waals surface area contributed by atoms with Gasteiger partial charge in [-0.2, -0.15) is 0 Å². The van der Waals surface area contributed by atoms with Gasteiger partial charge in [0.1, 0.15) is 0 Å². The van der Waals surface area contributed by atoms with Gasteiger partial charge < -0.3 is 9.47 Å². The average Bonchev–Trinajstić information content (AvgIpc) is 2.28. The molecule has 0 aliphatic heterocycles. The first-order valence-electron chi connectivity index (χ1n) is 4.45. The Balaban J connectivity index is 2.70. The third-order valence-electron chi connectivity index (χ3n) is 1.52. The number of ether oxygens (including phenoxy) is 2. The lowest BCUT2D eigenvalue weighted by molar-refractivity contribution is -0.133. The first kappa shape index (κ1) is 11.1. The number of carbonyl (C=O) groups excluding carboxylic acids is 1. The maximum Gasteiger partial charge on any atom is 0.384 e. The monoisotopic (exact) mass is 205 g/mol. The van der Waals surface area contributed by atoms with Gasteiger partial charge in [-0.15, -0.1) is 0 Å². The largest absolute Gasteiger partial charge is 0.478 e. The predicted molar refractivity (Wildman–Crippen MR) is 54.3 cm³/mol. The van der Waals surface area contributed by atoms with Crippen LogP contribution in [0.1, 0.15) is 12.5 Å². The fraction of sp³-hybridized carbons (Fsp3) is 0.273. The van der Waals surface area contributed by atoms with Gasteiger partial charge in [0.2, 0.25) is 5.88 Å². The topological polar surface area (TPSA) is 48.4 Å². The second-order valence-electron chi connectivity index (χ2n) is 2.56. The van der Waals surface area contributed by atoms with E-state index in [1.165, 1.54) is 7.11 Å². The lowest BCUT2D eigenvalue weighted by atomic mass is 10.3. The normalized spacial score (nSPS) is 8.67. The molecule has 0 saturated heterocycles. The Hall–Kier alpha value is -2.02. The Morgan fingerprint density at radius 1 is 1.53 bits per heavy atom. The smallest absolute Gasteiger partial charge is 0.384 e. The number of hydrogen-bond donors (Lipinski definition) is 0. The van der Waals surface area contributed by atoms with E-state index in [1.54, 1.807) is 18.3 Å². The second-order valence-corrected chi connectivity index (χ2v) is 2.56. The Morgan fingerprint density at radius 2 is 2.33 bits per heavy atom. The summed E-state index contributed by atoms with van der Waals surface area (Å²) < 4.78 is 9.53. The fourth-order valence-electron chi connectivity index (χ4n) is 0.862. The van der Waals surface area contributed by atoms with Crippen molar-refractivity contribution in [1.82, 2.24) is 4.98 Å². The van der Waals surface area contributed by atoms with E-state index in [0.29, 0.717) is 18.1 Å². The van der Waals surface area contributed by atoms with Crippen LogP contribution in [0.4, 0.5) is 0 Å². The highest BCUT2D eigenvalue weighted by Crippen LogP contribution is 2.06. The average molecular weight is 205 g/mol. The second kappa shape index (κ2) is 5.66. The molecule has 0 aliphatic carbocycles. The minimum Gasteiger partial charge on any atom is -0.478 e. The van der Waals surface area contributed by atoms with Crippen molar-refractivity contribution in [2.45, 2.75) is 6.92 Å². The van der Waals surface area contributed by atoms with Crippen molar-refractivity contribution in [2.75, 3.05) is 13.7 Å². The van der Waals surface area contributed by atoms with E-state index in [0.717, 1.165) is 0 Å². The third-order valence-corrected chi connectivity index (χ3v) is 1.52. The first-order valence-corrected chi connectivity index (χ1v) is 4.45. The summed E-state index contributed by atoms with van der Waals surface area (Å²) in [5, 5.41) is 0. The number of pyridine rings is 1. The Bertz CT molecular complexity index is 387. The molecule has 0 radical (unpaired) electrons. The molecular formula is C11H11NO3. The molecular weight excluding hydrogens is 194 g/mol. The van der Waals surface area contributed by atoms with Crippen molar-refractivity contribution in [3.05, 3.63) is 23.9 Å². The number of aromatic nitrogens is 1. The molecule has 0 aromatic carbocycles. The zero-order valence-electron chi connectivity index (χ0n) is 8.61. The molecule has 1 heterocycles. The molecule has 1 rings (SSSR count). The maximum absolute atomic E-state index is 10.7. The predicted octanol–water partition coefficient (Wildman–Crippen LogP) is 1.00. The molecule has 15 heavy (non-hydrogen) atoms. The van der Waals surface area contributed by atoms with E-state index in [9.17, 15) is 4.79 Å². The van der Waals surface area contributed by atoms with Crippen LogP contribution in [0.15, 0.2) is 18.3 Å². The van der Waals surface area contributed by atoms with Crippen molar-refractivity contribution < 1.29 is 14.3 Å². The molecule has 0 amide bonds. The molecule has 0 unspecified atom stereocenters. The van der Waals surface area contributed by atoms with Gasteiger partial charge in [0.25, 0.3) is 0 Å². The van der Waals surface area contributed by atoms with Crippen LogP contribution < -0.4 is 4.74 Å². The molecule has 4 heteroatoms. The summed E-state index contributed by atoms with van der Waals surface area (Å²) in [7, 11) is 1.29. The van der Waals surface area contributed by atoms with Gasteiger partial charge in [0, 0.05) is 23.7 Å². The first-order chi connectivity index (χ1) is 7.26. The minimum absolute atomic E-state index is 0.543. The highest BCUT2D eigenvalue weighted by Gasteiger charge is 1.94. The van der Waals surface area contributed by atoms with Crippen LogP contribution >= 0.6 is 0 Å². The number of carbonyl (C=O) groups is 1. The number of hydrogen-bond acceptors (Lipinski definition) is 4. The van der Waals surface area contributed by atoms with Crippen LogP contribution in [0.3, 0.4) is 0 Å². The molecule has 0 saturated carbocycles. The maximum atomic E-state index is 10.7. The number of rotatable bonds is 2. The van der Waals surface area contributed by atoms with E-state index in [4.69, 9.17) is 4.74 Å². The Labute approximate surface area is 88.2 Å². The van der Waals surface area contributed by atoms with Gasteiger partial charge in [-0.1, -0.05) is 5.92 Å². The Morgan fingerprint density at radius 3 is 2.87 bits per heavy atom.